The Balaban J connectivity index is 1.86. The van der Waals surface area contributed by atoms with Crippen LogP contribution in [0.2, 0.25) is 0 Å². The van der Waals surface area contributed by atoms with Crippen molar-refractivity contribution in [3.05, 3.63) is 17.8 Å². The zero-order valence-electron chi connectivity index (χ0n) is 9.70. The first kappa shape index (κ1) is 11.6. The number of nitrogens with one attached hydrogen (secondary N) is 1. The van der Waals surface area contributed by atoms with Crippen LogP contribution in [0.25, 0.3) is 0 Å². The lowest BCUT2D eigenvalue weighted by Crippen LogP contribution is -2.19. The fourth-order valence-electron chi connectivity index (χ4n) is 1.86. The molecular formula is C12H19N3S. The number of aryl methyl sites for hydroxylation is 1. The molecule has 0 amide bonds. The number of hydrogen-bond donors (Lipinski definition) is 2. The molecule has 0 saturated carbocycles. The lowest BCUT2D eigenvalue weighted by atomic mass is 10.0. The molecule has 1 fully saturated rings. The van der Waals surface area contributed by atoms with E-state index in [-0.39, 0.29) is 0 Å². The zero-order valence-corrected chi connectivity index (χ0v) is 10.5. The Morgan fingerprint density at radius 3 is 2.94 bits per heavy atom. The summed E-state index contributed by atoms with van der Waals surface area (Å²) in [6, 6.07) is 2.02. The summed E-state index contributed by atoms with van der Waals surface area (Å²) in [5.41, 5.74) is 7.59. The number of pyridine rings is 1. The van der Waals surface area contributed by atoms with E-state index in [1.807, 2.05) is 13.0 Å². The van der Waals surface area contributed by atoms with E-state index >= 15 is 0 Å². The molecule has 88 valence electrons. The molecule has 4 heteroatoms. The fourth-order valence-corrected chi connectivity index (χ4v) is 3.07. The van der Waals surface area contributed by atoms with Gasteiger partial charge in [-0.25, -0.2) is 4.98 Å². The summed E-state index contributed by atoms with van der Waals surface area (Å²) < 4.78 is 0. The van der Waals surface area contributed by atoms with Gasteiger partial charge < -0.3 is 11.1 Å². The van der Waals surface area contributed by atoms with Gasteiger partial charge in [-0.3, -0.25) is 0 Å². The third-order valence-electron chi connectivity index (χ3n) is 3.06. The topological polar surface area (TPSA) is 50.9 Å². The number of nitrogens with zero attached hydrogens (tertiary/aromatic N) is 1. The van der Waals surface area contributed by atoms with Crippen molar-refractivity contribution in [1.29, 1.82) is 0 Å². The van der Waals surface area contributed by atoms with E-state index in [1.165, 1.54) is 24.3 Å². The van der Waals surface area contributed by atoms with E-state index in [1.54, 1.807) is 6.20 Å². The van der Waals surface area contributed by atoms with Gasteiger partial charge in [-0.2, -0.15) is 11.8 Å². The number of rotatable bonds is 3. The van der Waals surface area contributed by atoms with E-state index in [0.29, 0.717) is 0 Å². The van der Waals surface area contributed by atoms with Crippen LogP contribution in [0, 0.1) is 12.8 Å². The molecule has 1 aliphatic heterocycles. The van der Waals surface area contributed by atoms with Crippen LogP contribution in [-0.2, 0) is 0 Å². The Labute approximate surface area is 101 Å². The van der Waals surface area contributed by atoms with E-state index in [0.717, 1.165) is 29.5 Å². The molecule has 0 unspecified atom stereocenters. The molecule has 0 atom stereocenters. The summed E-state index contributed by atoms with van der Waals surface area (Å²) in [7, 11) is 0. The SMILES string of the molecule is Cc1cc(NCC2CCSCC2)ncc1N. The molecule has 0 aliphatic carbocycles. The predicted molar refractivity (Wildman–Crippen MR) is 71.9 cm³/mol. The molecule has 3 N–H and O–H groups in total. The van der Waals surface area contributed by atoms with Crippen LogP contribution >= 0.6 is 11.8 Å². The normalized spacial score (nSPS) is 17.3. The number of nitrogen functional groups attached to an aromatic ring is 1. The van der Waals surface area contributed by atoms with Gasteiger partial charge in [0.2, 0.25) is 0 Å². The molecule has 0 radical (unpaired) electrons. The van der Waals surface area contributed by atoms with Gasteiger partial charge in [-0.15, -0.1) is 0 Å². The molecule has 0 bridgehead atoms. The highest BCUT2D eigenvalue weighted by Crippen LogP contribution is 2.23. The van der Waals surface area contributed by atoms with Crippen molar-refractivity contribution in [2.45, 2.75) is 19.8 Å². The van der Waals surface area contributed by atoms with Crippen molar-refractivity contribution in [2.24, 2.45) is 5.92 Å². The van der Waals surface area contributed by atoms with Crippen molar-refractivity contribution < 1.29 is 0 Å². The average molecular weight is 237 g/mol. The van der Waals surface area contributed by atoms with Crippen molar-refractivity contribution in [2.75, 3.05) is 29.1 Å². The third-order valence-corrected chi connectivity index (χ3v) is 4.11. The summed E-state index contributed by atoms with van der Waals surface area (Å²) in [6.07, 6.45) is 4.38. The van der Waals surface area contributed by atoms with Crippen LogP contribution in [-0.4, -0.2) is 23.0 Å². The minimum Gasteiger partial charge on any atom is -0.397 e. The van der Waals surface area contributed by atoms with Crippen LogP contribution < -0.4 is 11.1 Å². The second-order valence-corrected chi connectivity index (χ2v) is 5.59. The number of anilines is 2. The Hall–Kier alpha value is -0.900. The van der Waals surface area contributed by atoms with Gasteiger partial charge >= 0.3 is 0 Å². The maximum Gasteiger partial charge on any atom is 0.126 e. The van der Waals surface area contributed by atoms with Crippen LogP contribution in [0.1, 0.15) is 18.4 Å². The Morgan fingerprint density at radius 2 is 2.25 bits per heavy atom. The Kier molecular flexibility index (Phi) is 3.93. The minimum atomic E-state index is 0.764. The van der Waals surface area contributed by atoms with E-state index in [2.05, 4.69) is 22.1 Å². The maximum atomic E-state index is 5.73. The molecule has 2 heterocycles. The maximum absolute atomic E-state index is 5.73. The van der Waals surface area contributed by atoms with Crippen LogP contribution in [0.5, 0.6) is 0 Å². The van der Waals surface area contributed by atoms with Crippen LogP contribution in [0.3, 0.4) is 0 Å². The highest BCUT2D eigenvalue weighted by Gasteiger charge is 2.13. The van der Waals surface area contributed by atoms with Crippen molar-refractivity contribution in [3.8, 4) is 0 Å². The van der Waals surface area contributed by atoms with Crippen molar-refractivity contribution in [3.63, 3.8) is 0 Å². The fraction of sp³-hybridized carbons (Fsp3) is 0.583. The lowest BCUT2D eigenvalue weighted by Gasteiger charge is -2.21. The summed E-state index contributed by atoms with van der Waals surface area (Å²) in [5.74, 6) is 4.37. The molecule has 0 spiro atoms. The quantitative estimate of drug-likeness (QED) is 0.848. The Bertz CT molecular complexity index is 348. The van der Waals surface area contributed by atoms with Gasteiger partial charge in [0, 0.05) is 6.54 Å². The highest BCUT2D eigenvalue weighted by atomic mass is 32.2. The molecule has 0 aromatic carbocycles. The monoisotopic (exact) mass is 237 g/mol. The molecular weight excluding hydrogens is 218 g/mol. The number of nitrogens with two attached hydrogens (primary N) is 1. The Morgan fingerprint density at radius 1 is 1.50 bits per heavy atom. The zero-order chi connectivity index (χ0) is 11.4. The molecule has 2 rings (SSSR count). The van der Waals surface area contributed by atoms with Gasteiger partial charge in [0.05, 0.1) is 11.9 Å². The third kappa shape index (κ3) is 3.04. The molecule has 16 heavy (non-hydrogen) atoms. The highest BCUT2D eigenvalue weighted by molar-refractivity contribution is 7.99. The van der Waals surface area contributed by atoms with Gasteiger partial charge in [-0.05, 0) is 48.8 Å². The first-order valence-electron chi connectivity index (χ1n) is 5.79. The second kappa shape index (κ2) is 5.43. The first-order valence-corrected chi connectivity index (χ1v) is 6.95. The van der Waals surface area contributed by atoms with Gasteiger partial charge in [0.25, 0.3) is 0 Å². The van der Waals surface area contributed by atoms with Crippen LogP contribution in [0.4, 0.5) is 11.5 Å². The van der Waals surface area contributed by atoms with Gasteiger partial charge in [0.15, 0.2) is 0 Å². The number of thioether (sulfide) groups is 1. The van der Waals surface area contributed by atoms with E-state index < -0.39 is 0 Å². The second-order valence-electron chi connectivity index (χ2n) is 4.36. The molecule has 1 aliphatic rings. The first-order chi connectivity index (χ1) is 7.75. The summed E-state index contributed by atoms with van der Waals surface area (Å²) in [4.78, 5) is 4.28. The number of hydrogen-bond acceptors (Lipinski definition) is 4. The lowest BCUT2D eigenvalue weighted by molar-refractivity contribution is 0.515. The molecule has 1 aromatic rings. The summed E-state index contributed by atoms with van der Waals surface area (Å²) >= 11 is 2.06. The van der Waals surface area contributed by atoms with E-state index in [4.69, 9.17) is 5.73 Å². The number of aromatic nitrogens is 1. The van der Waals surface area contributed by atoms with E-state index in [9.17, 15) is 0 Å². The largest absolute Gasteiger partial charge is 0.397 e. The molecule has 1 aromatic heterocycles. The smallest absolute Gasteiger partial charge is 0.126 e. The van der Waals surface area contributed by atoms with Crippen molar-refractivity contribution >= 4 is 23.3 Å². The summed E-state index contributed by atoms with van der Waals surface area (Å²) in [5, 5.41) is 3.41. The standard InChI is InChI=1S/C12H19N3S/c1-9-6-12(15-8-11(9)13)14-7-10-2-4-16-5-3-10/h6,8,10H,2-5,7,13H2,1H3,(H,14,15). The minimum absolute atomic E-state index is 0.764. The van der Waals surface area contributed by atoms with Gasteiger partial charge in [-0.1, -0.05) is 0 Å². The van der Waals surface area contributed by atoms with Crippen LogP contribution in [0.15, 0.2) is 12.3 Å². The molecule has 3 nitrogen and oxygen atoms in total. The average Bonchev–Trinajstić information content (AvgIpc) is 2.32. The van der Waals surface area contributed by atoms with Gasteiger partial charge in [0.1, 0.15) is 5.82 Å². The van der Waals surface area contributed by atoms with Crippen molar-refractivity contribution in [1.82, 2.24) is 4.98 Å². The molecule has 1 saturated heterocycles. The summed E-state index contributed by atoms with van der Waals surface area (Å²) in [6.45, 7) is 3.05. The predicted octanol–water partition coefficient (Wildman–Crippen LogP) is 2.53.